The minimum absolute atomic E-state index is 0.0684. The molecule has 190 valence electrons. The number of aliphatic hydroxyl groups excluding tert-OH is 1. The van der Waals surface area contributed by atoms with Crippen molar-refractivity contribution < 1.29 is 27.5 Å². The predicted octanol–water partition coefficient (Wildman–Crippen LogP) is 3.63. The number of carbonyl (C=O) groups is 2. The summed E-state index contributed by atoms with van der Waals surface area (Å²) in [5.74, 6) is -2.60. The van der Waals surface area contributed by atoms with Gasteiger partial charge >= 0.3 is 0 Å². The molecule has 0 bridgehead atoms. The Hall–Kier alpha value is -3.89. The molecule has 2 fully saturated rings. The first-order chi connectivity index (χ1) is 17.8. The number of benzene rings is 2. The summed E-state index contributed by atoms with van der Waals surface area (Å²) in [6.07, 6.45) is 4.75. The van der Waals surface area contributed by atoms with Crippen LogP contribution in [0.1, 0.15) is 35.6 Å². The molecule has 2 aliphatic rings. The molecule has 8 nitrogen and oxygen atoms in total. The Balaban J connectivity index is 1.56. The Morgan fingerprint density at radius 1 is 0.946 bits per heavy atom. The monoisotopic (exact) mass is 521 g/mol. The van der Waals surface area contributed by atoms with Crippen LogP contribution < -0.4 is 0 Å². The number of likely N-dealkylation sites (tertiary alicyclic amines) is 1. The summed E-state index contributed by atoms with van der Waals surface area (Å²) in [7, 11) is -3.66. The number of sulfonamides is 1. The fourth-order valence-electron chi connectivity index (χ4n) is 4.74. The van der Waals surface area contributed by atoms with Crippen molar-refractivity contribution in [2.24, 2.45) is 0 Å². The number of hydrogen-bond acceptors (Lipinski definition) is 6. The van der Waals surface area contributed by atoms with E-state index < -0.39 is 39.3 Å². The lowest BCUT2D eigenvalue weighted by Crippen LogP contribution is -2.29. The number of pyridine rings is 1. The highest BCUT2D eigenvalue weighted by Crippen LogP contribution is 2.40. The minimum Gasteiger partial charge on any atom is -0.507 e. The van der Waals surface area contributed by atoms with Crippen LogP contribution >= 0.6 is 0 Å². The van der Waals surface area contributed by atoms with Crippen molar-refractivity contribution in [1.29, 1.82) is 0 Å². The zero-order valence-corrected chi connectivity index (χ0v) is 20.6. The van der Waals surface area contributed by atoms with Crippen molar-refractivity contribution in [2.75, 3.05) is 13.1 Å². The molecule has 1 N–H and O–H groups in total. The fraction of sp³-hybridized carbons (Fsp3) is 0.222. The van der Waals surface area contributed by atoms with Gasteiger partial charge < -0.3 is 10.0 Å². The fourth-order valence-corrected chi connectivity index (χ4v) is 6.25. The predicted molar refractivity (Wildman–Crippen MR) is 133 cm³/mol. The average molecular weight is 522 g/mol. The van der Waals surface area contributed by atoms with Crippen LogP contribution in [-0.2, 0) is 26.2 Å². The molecule has 2 saturated heterocycles. The third kappa shape index (κ3) is 4.65. The summed E-state index contributed by atoms with van der Waals surface area (Å²) in [5.41, 5.74) is 1.21. The highest BCUT2D eigenvalue weighted by Gasteiger charge is 2.46. The second-order valence-electron chi connectivity index (χ2n) is 8.97. The molecule has 1 aromatic heterocycles. The molecule has 3 heterocycles. The van der Waals surface area contributed by atoms with Crippen molar-refractivity contribution in [2.45, 2.75) is 30.3 Å². The summed E-state index contributed by atoms with van der Waals surface area (Å²) in [4.78, 5) is 31.6. The molecule has 0 spiro atoms. The van der Waals surface area contributed by atoms with E-state index in [0.29, 0.717) is 18.7 Å². The second-order valence-corrected chi connectivity index (χ2v) is 10.9. The van der Waals surface area contributed by atoms with Crippen LogP contribution in [0.3, 0.4) is 0 Å². The van der Waals surface area contributed by atoms with Gasteiger partial charge in [-0.05, 0) is 72.5 Å². The smallest absolute Gasteiger partial charge is 0.295 e. The standard InChI is InChI=1S/C27H24FN3O5S/c28-21-7-3-19(4-8-21)24-23(26(33)27(34)31(24)17-18-11-13-29-14-12-18)25(32)20-5-9-22(10-6-20)37(35,36)30-15-1-2-16-30/h3-14,24,32H,1-2,15-17H2/b25-23-. The van der Waals surface area contributed by atoms with Gasteiger partial charge in [-0.15, -0.1) is 0 Å². The molecule has 10 heteroatoms. The molecule has 0 aliphatic carbocycles. The Morgan fingerprint density at radius 2 is 1.57 bits per heavy atom. The lowest BCUT2D eigenvalue weighted by molar-refractivity contribution is -0.140. The lowest BCUT2D eigenvalue weighted by Gasteiger charge is -2.25. The van der Waals surface area contributed by atoms with Gasteiger partial charge in [0.1, 0.15) is 11.6 Å². The topological polar surface area (TPSA) is 108 Å². The molecule has 2 aliphatic heterocycles. The van der Waals surface area contributed by atoms with Crippen LogP contribution in [0, 0.1) is 5.82 Å². The van der Waals surface area contributed by atoms with Crippen molar-refractivity contribution in [3.05, 3.63) is 101 Å². The van der Waals surface area contributed by atoms with Gasteiger partial charge in [-0.3, -0.25) is 14.6 Å². The molecule has 1 amide bonds. The van der Waals surface area contributed by atoms with Crippen molar-refractivity contribution >= 4 is 27.5 Å². The van der Waals surface area contributed by atoms with E-state index in [-0.39, 0.29) is 22.6 Å². The van der Waals surface area contributed by atoms with E-state index in [1.54, 1.807) is 24.5 Å². The number of aromatic nitrogens is 1. The van der Waals surface area contributed by atoms with Crippen LogP contribution in [0.25, 0.3) is 5.76 Å². The van der Waals surface area contributed by atoms with Crippen molar-refractivity contribution in [3.63, 3.8) is 0 Å². The van der Waals surface area contributed by atoms with E-state index in [1.165, 1.54) is 57.7 Å². The second kappa shape index (κ2) is 9.87. The zero-order chi connectivity index (χ0) is 26.2. The summed E-state index contributed by atoms with van der Waals surface area (Å²) in [5, 5.41) is 11.2. The van der Waals surface area contributed by atoms with Gasteiger partial charge in [0.15, 0.2) is 0 Å². The quantitative estimate of drug-likeness (QED) is 0.302. The molecule has 1 atom stereocenters. The largest absolute Gasteiger partial charge is 0.507 e. The van der Waals surface area contributed by atoms with Crippen LogP contribution in [0.2, 0.25) is 0 Å². The average Bonchev–Trinajstić information content (AvgIpc) is 3.54. The molecule has 37 heavy (non-hydrogen) atoms. The number of carbonyl (C=O) groups excluding carboxylic acids is 2. The Labute approximate surface area is 213 Å². The number of aliphatic hydroxyl groups is 1. The van der Waals surface area contributed by atoms with Gasteiger partial charge in [0.25, 0.3) is 11.7 Å². The van der Waals surface area contributed by atoms with Crippen LogP contribution in [0.4, 0.5) is 4.39 Å². The van der Waals surface area contributed by atoms with E-state index in [9.17, 15) is 27.5 Å². The first-order valence-corrected chi connectivity index (χ1v) is 13.2. The van der Waals surface area contributed by atoms with Gasteiger partial charge in [-0.1, -0.05) is 12.1 Å². The van der Waals surface area contributed by atoms with Crippen LogP contribution in [-0.4, -0.2) is 52.5 Å². The summed E-state index contributed by atoms with van der Waals surface area (Å²) in [6.45, 7) is 0.990. The normalized spacial score (nSPS) is 20.0. The summed E-state index contributed by atoms with van der Waals surface area (Å²) < 4.78 is 40.8. The number of amides is 1. The molecule has 5 rings (SSSR count). The zero-order valence-electron chi connectivity index (χ0n) is 19.7. The molecule has 1 unspecified atom stereocenters. The Morgan fingerprint density at radius 3 is 2.19 bits per heavy atom. The third-order valence-corrected chi connectivity index (χ3v) is 8.57. The maximum absolute atomic E-state index is 13.7. The maximum atomic E-state index is 13.7. The highest BCUT2D eigenvalue weighted by molar-refractivity contribution is 7.89. The van der Waals surface area contributed by atoms with Crippen LogP contribution in [0.15, 0.2) is 83.5 Å². The lowest BCUT2D eigenvalue weighted by atomic mass is 9.95. The van der Waals surface area contributed by atoms with E-state index in [4.69, 9.17) is 0 Å². The number of nitrogens with zero attached hydrogens (tertiary/aromatic N) is 3. The first kappa shape index (κ1) is 24.8. The molecule has 0 saturated carbocycles. The highest BCUT2D eigenvalue weighted by atomic mass is 32.2. The molecular formula is C27H24FN3O5S. The minimum atomic E-state index is -3.66. The number of halogens is 1. The molecule has 3 aromatic rings. The molecular weight excluding hydrogens is 497 g/mol. The molecule has 2 aromatic carbocycles. The van der Waals surface area contributed by atoms with Gasteiger partial charge in [0, 0.05) is 37.6 Å². The number of rotatable bonds is 6. The van der Waals surface area contributed by atoms with E-state index in [0.717, 1.165) is 18.4 Å². The number of ketones is 1. The third-order valence-electron chi connectivity index (χ3n) is 6.66. The summed E-state index contributed by atoms with van der Waals surface area (Å²) in [6, 6.07) is 13.4. The van der Waals surface area contributed by atoms with Crippen LogP contribution in [0.5, 0.6) is 0 Å². The van der Waals surface area contributed by atoms with Gasteiger partial charge in [-0.2, -0.15) is 4.31 Å². The van der Waals surface area contributed by atoms with Crippen molar-refractivity contribution in [3.8, 4) is 0 Å². The summed E-state index contributed by atoms with van der Waals surface area (Å²) >= 11 is 0. The van der Waals surface area contributed by atoms with Gasteiger partial charge in [0.2, 0.25) is 10.0 Å². The van der Waals surface area contributed by atoms with Gasteiger partial charge in [0.05, 0.1) is 16.5 Å². The van der Waals surface area contributed by atoms with E-state index in [1.807, 2.05) is 0 Å². The van der Waals surface area contributed by atoms with E-state index in [2.05, 4.69) is 4.98 Å². The Kier molecular flexibility index (Phi) is 6.61. The van der Waals surface area contributed by atoms with Gasteiger partial charge in [-0.25, -0.2) is 12.8 Å². The number of hydrogen-bond donors (Lipinski definition) is 1. The number of Topliss-reactive ketones (excluding diaryl/α,β-unsaturated/α-hetero) is 1. The van der Waals surface area contributed by atoms with E-state index >= 15 is 0 Å². The first-order valence-electron chi connectivity index (χ1n) is 11.8. The Bertz CT molecular complexity index is 1470. The SMILES string of the molecule is O=C1C(=O)N(Cc2ccncc2)C(c2ccc(F)cc2)/C1=C(/O)c1ccc(S(=O)(=O)N2CCCC2)cc1. The maximum Gasteiger partial charge on any atom is 0.295 e. The van der Waals surface area contributed by atoms with Crippen molar-refractivity contribution in [1.82, 2.24) is 14.2 Å². The molecule has 0 radical (unpaired) electrons.